The van der Waals surface area contributed by atoms with E-state index in [1.807, 2.05) is 36.4 Å². The highest BCUT2D eigenvalue weighted by molar-refractivity contribution is 5.95. The van der Waals surface area contributed by atoms with Crippen LogP contribution in [-0.4, -0.2) is 37.1 Å². The van der Waals surface area contributed by atoms with E-state index in [0.29, 0.717) is 17.9 Å². The van der Waals surface area contributed by atoms with Crippen molar-refractivity contribution in [3.05, 3.63) is 54.4 Å². The van der Waals surface area contributed by atoms with Crippen LogP contribution in [0.25, 0.3) is 11.4 Å². The first kappa shape index (κ1) is 16.3. The maximum absolute atomic E-state index is 12.6. The monoisotopic (exact) mass is 350 g/mol. The molecule has 4 rings (SSSR count). The molecule has 9 heteroatoms. The number of nitrogens with zero attached hydrogens (tertiary/aromatic N) is 5. The molecular formula is C17H18N8O. The molecule has 3 heterocycles. The summed E-state index contributed by atoms with van der Waals surface area (Å²) in [5.41, 5.74) is 8.72. The normalized spacial score (nSPS) is 19.4. The fourth-order valence-electron chi connectivity index (χ4n) is 2.89. The van der Waals surface area contributed by atoms with Gasteiger partial charge >= 0.3 is 0 Å². The van der Waals surface area contributed by atoms with Gasteiger partial charge in [0.2, 0.25) is 11.7 Å². The van der Waals surface area contributed by atoms with Crippen molar-refractivity contribution in [1.82, 2.24) is 36.0 Å². The van der Waals surface area contributed by atoms with Crippen molar-refractivity contribution in [3.63, 3.8) is 0 Å². The Labute approximate surface area is 149 Å². The second-order valence-electron chi connectivity index (χ2n) is 6.09. The Morgan fingerprint density at radius 3 is 2.96 bits per heavy atom. The van der Waals surface area contributed by atoms with E-state index in [-0.39, 0.29) is 18.0 Å². The number of rotatable bonds is 4. The number of hydrogen-bond donors (Lipinski definition) is 3. The third-order valence-electron chi connectivity index (χ3n) is 4.20. The molecule has 0 aliphatic carbocycles. The first-order chi connectivity index (χ1) is 12.7. The van der Waals surface area contributed by atoms with Gasteiger partial charge in [0, 0.05) is 29.7 Å². The van der Waals surface area contributed by atoms with Gasteiger partial charge in [-0.2, -0.15) is 4.80 Å². The second kappa shape index (κ2) is 6.98. The fraction of sp³-hybridized carbons (Fsp3) is 0.235. The standard InChI is InChI=1S/C17H18N8O/c1-25-23-16(22-24-25)11-4-2-6-13(8-11)19-17(26)15-9-14(20-21-15)12-5-3-7-18-10-12/h2-8,10,14-15,20-21H,9H2,1H3,(H,19,26). The summed E-state index contributed by atoms with van der Waals surface area (Å²) >= 11 is 0. The summed E-state index contributed by atoms with van der Waals surface area (Å²) in [6.45, 7) is 0. The lowest BCUT2D eigenvalue weighted by Gasteiger charge is -2.11. The van der Waals surface area contributed by atoms with Crippen molar-refractivity contribution in [2.45, 2.75) is 18.5 Å². The topological polar surface area (TPSA) is 110 Å². The average molecular weight is 350 g/mol. The minimum atomic E-state index is -0.335. The first-order valence-corrected chi connectivity index (χ1v) is 8.25. The molecule has 2 aromatic heterocycles. The van der Waals surface area contributed by atoms with Crippen LogP contribution in [0.4, 0.5) is 5.69 Å². The minimum absolute atomic E-state index is 0.0505. The molecule has 1 fully saturated rings. The molecular weight excluding hydrogens is 332 g/mol. The van der Waals surface area contributed by atoms with Gasteiger partial charge in [0.25, 0.3) is 0 Å². The lowest BCUT2D eigenvalue weighted by Crippen LogP contribution is -2.39. The predicted molar refractivity (Wildman–Crippen MR) is 94.5 cm³/mol. The summed E-state index contributed by atoms with van der Waals surface area (Å²) in [5, 5.41) is 14.9. The van der Waals surface area contributed by atoms with E-state index in [9.17, 15) is 4.79 Å². The van der Waals surface area contributed by atoms with Gasteiger partial charge in [-0.25, -0.2) is 10.9 Å². The highest BCUT2D eigenvalue weighted by atomic mass is 16.2. The first-order valence-electron chi connectivity index (χ1n) is 8.25. The van der Waals surface area contributed by atoms with E-state index in [0.717, 1.165) is 11.1 Å². The van der Waals surface area contributed by atoms with Gasteiger partial charge in [-0.3, -0.25) is 9.78 Å². The number of hydrazine groups is 1. The van der Waals surface area contributed by atoms with Crippen LogP contribution in [0.15, 0.2) is 48.8 Å². The highest BCUT2D eigenvalue weighted by Crippen LogP contribution is 2.23. The lowest BCUT2D eigenvalue weighted by atomic mass is 10.0. The van der Waals surface area contributed by atoms with Crippen LogP contribution in [-0.2, 0) is 11.8 Å². The molecule has 26 heavy (non-hydrogen) atoms. The molecule has 2 atom stereocenters. The van der Waals surface area contributed by atoms with Gasteiger partial charge in [0.15, 0.2) is 0 Å². The van der Waals surface area contributed by atoms with Crippen LogP contribution in [0.1, 0.15) is 18.0 Å². The Morgan fingerprint density at radius 2 is 2.19 bits per heavy atom. The Hall–Kier alpha value is -3.17. The van der Waals surface area contributed by atoms with Gasteiger partial charge in [0.1, 0.15) is 6.04 Å². The molecule has 9 nitrogen and oxygen atoms in total. The van der Waals surface area contributed by atoms with Crippen molar-refractivity contribution >= 4 is 11.6 Å². The lowest BCUT2D eigenvalue weighted by molar-refractivity contribution is -0.117. The molecule has 3 aromatic rings. The number of aryl methyl sites for hydroxylation is 1. The van der Waals surface area contributed by atoms with Crippen molar-refractivity contribution in [2.24, 2.45) is 7.05 Å². The molecule has 1 aromatic carbocycles. The van der Waals surface area contributed by atoms with Crippen LogP contribution in [0.2, 0.25) is 0 Å². The molecule has 0 radical (unpaired) electrons. The summed E-state index contributed by atoms with van der Waals surface area (Å²) in [5.74, 6) is 0.411. The van der Waals surface area contributed by atoms with E-state index in [1.165, 1.54) is 4.80 Å². The van der Waals surface area contributed by atoms with Crippen LogP contribution in [0.5, 0.6) is 0 Å². The number of aromatic nitrogens is 5. The average Bonchev–Trinajstić information content (AvgIpc) is 3.32. The van der Waals surface area contributed by atoms with E-state index < -0.39 is 0 Å². The second-order valence-corrected chi connectivity index (χ2v) is 6.09. The number of carbonyl (C=O) groups is 1. The largest absolute Gasteiger partial charge is 0.325 e. The van der Waals surface area contributed by atoms with Crippen LogP contribution >= 0.6 is 0 Å². The van der Waals surface area contributed by atoms with E-state index in [4.69, 9.17) is 0 Å². The maximum Gasteiger partial charge on any atom is 0.242 e. The molecule has 132 valence electrons. The van der Waals surface area contributed by atoms with Crippen molar-refractivity contribution in [3.8, 4) is 11.4 Å². The van der Waals surface area contributed by atoms with Crippen LogP contribution in [0.3, 0.4) is 0 Å². The molecule has 0 spiro atoms. The number of amides is 1. The minimum Gasteiger partial charge on any atom is -0.325 e. The zero-order valence-electron chi connectivity index (χ0n) is 14.1. The summed E-state index contributed by atoms with van der Waals surface area (Å²) in [7, 11) is 1.71. The molecule has 2 unspecified atom stereocenters. The molecule has 1 aliphatic heterocycles. The number of nitrogens with one attached hydrogen (secondary N) is 3. The smallest absolute Gasteiger partial charge is 0.242 e. The van der Waals surface area contributed by atoms with Gasteiger partial charge < -0.3 is 5.32 Å². The van der Waals surface area contributed by atoms with Gasteiger partial charge in [-0.1, -0.05) is 18.2 Å². The zero-order valence-corrected chi connectivity index (χ0v) is 14.1. The Morgan fingerprint density at radius 1 is 1.27 bits per heavy atom. The summed E-state index contributed by atoms with van der Waals surface area (Å²) in [4.78, 5) is 18.1. The van der Waals surface area contributed by atoms with Gasteiger partial charge in [0.05, 0.1) is 7.05 Å². The van der Waals surface area contributed by atoms with Crippen molar-refractivity contribution in [2.75, 3.05) is 5.32 Å². The fourth-order valence-corrected chi connectivity index (χ4v) is 2.89. The van der Waals surface area contributed by atoms with E-state index in [1.54, 1.807) is 19.4 Å². The summed E-state index contributed by atoms with van der Waals surface area (Å²) in [6, 6.07) is 11.0. The third kappa shape index (κ3) is 3.44. The Bertz CT molecular complexity index is 910. The van der Waals surface area contributed by atoms with E-state index >= 15 is 0 Å². The third-order valence-corrected chi connectivity index (χ3v) is 4.20. The number of hydrogen-bond acceptors (Lipinski definition) is 7. The molecule has 3 N–H and O–H groups in total. The highest BCUT2D eigenvalue weighted by Gasteiger charge is 2.30. The molecule has 1 aliphatic rings. The number of benzene rings is 1. The molecule has 1 saturated heterocycles. The number of tetrazole rings is 1. The maximum atomic E-state index is 12.6. The molecule has 1 amide bonds. The van der Waals surface area contributed by atoms with Crippen molar-refractivity contribution in [1.29, 1.82) is 0 Å². The Balaban J connectivity index is 1.42. The number of pyridine rings is 1. The van der Waals surface area contributed by atoms with E-state index in [2.05, 4.69) is 36.6 Å². The molecule has 0 bridgehead atoms. The molecule has 0 saturated carbocycles. The number of carbonyl (C=O) groups excluding carboxylic acids is 1. The quantitative estimate of drug-likeness (QED) is 0.639. The van der Waals surface area contributed by atoms with Crippen LogP contribution in [0, 0.1) is 0 Å². The summed E-state index contributed by atoms with van der Waals surface area (Å²) in [6.07, 6.45) is 4.18. The van der Waals surface area contributed by atoms with Crippen molar-refractivity contribution < 1.29 is 4.79 Å². The predicted octanol–water partition coefficient (Wildman–Crippen LogP) is 0.818. The number of anilines is 1. The van der Waals surface area contributed by atoms with Crippen LogP contribution < -0.4 is 16.2 Å². The zero-order chi connectivity index (χ0) is 17.9. The van der Waals surface area contributed by atoms with Gasteiger partial charge in [-0.05, 0) is 35.4 Å². The SMILES string of the molecule is Cn1nnc(-c2cccc(NC(=O)C3CC(c4cccnc4)NN3)c2)n1. The summed E-state index contributed by atoms with van der Waals surface area (Å²) < 4.78 is 0. The van der Waals surface area contributed by atoms with Gasteiger partial charge in [-0.15, -0.1) is 10.2 Å². The Kier molecular flexibility index (Phi) is 4.38.